The fourth-order valence-electron chi connectivity index (χ4n) is 7.12. The second-order valence-corrected chi connectivity index (χ2v) is 15.8. The van der Waals surface area contributed by atoms with Gasteiger partial charge in [-0.2, -0.15) is 0 Å². The highest BCUT2D eigenvalue weighted by Gasteiger charge is 2.23. The summed E-state index contributed by atoms with van der Waals surface area (Å²) in [4.78, 5) is 36.0. The zero-order valence-electron chi connectivity index (χ0n) is 33.4. The summed E-state index contributed by atoms with van der Waals surface area (Å²) in [5, 5.41) is 18.5. The van der Waals surface area contributed by atoms with Gasteiger partial charge in [0.2, 0.25) is 0 Å². The number of pyridine rings is 2. The maximum absolute atomic E-state index is 13.3. The number of hydrazine groups is 1. The smallest absolute Gasteiger partial charge is 0.286 e. The molecule has 18 heteroatoms. The standard InChI is InChI=1S/C23H26FN7S.C19H16FN5O2S/c1-3-19-22(28(2)23-27-20(15-32-23)16-4-6-17(24)7-5-16)31-14-18(8-9-21(31)26-19)29-10-12-30(25)13-11-29;1-3-15-18(24-10-14(25(26)27)8-9-17(24)21-15)23(2)19-22-16(11-28-19)12-4-6-13(20)7-5-12/h4-9,14-15H,3,10-13,25H2,1-2H3;4-11H,3H2,1-2H3. The van der Waals surface area contributed by atoms with Crippen molar-refractivity contribution in [3.05, 3.63) is 129 Å². The number of piperazine rings is 1. The molecule has 0 amide bonds. The number of benzene rings is 2. The van der Waals surface area contributed by atoms with E-state index in [2.05, 4.69) is 49.4 Å². The van der Waals surface area contributed by atoms with Crippen LogP contribution in [0.1, 0.15) is 25.2 Å². The number of hydrogen-bond acceptors (Lipinski definition) is 13. The Morgan fingerprint density at radius 2 is 1.15 bits per heavy atom. The van der Waals surface area contributed by atoms with E-state index in [4.69, 9.17) is 15.8 Å². The summed E-state index contributed by atoms with van der Waals surface area (Å²) in [5.41, 5.74) is 7.85. The lowest BCUT2D eigenvalue weighted by Crippen LogP contribution is -2.49. The average molecular weight is 849 g/mol. The minimum absolute atomic E-state index is 0.00616. The summed E-state index contributed by atoms with van der Waals surface area (Å²) in [6.45, 7) is 7.60. The Labute approximate surface area is 352 Å². The summed E-state index contributed by atoms with van der Waals surface area (Å²) in [6.07, 6.45) is 5.12. The van der Waals surface area contributed by atoms with E-state index in [0.29, 0.717) is 17.2 Å². The van der Waals surface area contributed by atoms with Gasteiger partial charge < -0.3 is 14.7 Å². The van der Waals surface area contributed by atoms with Gasteiger partial charge in [0.25, 0.3) is 5.69 Å². The number of nitrogens with zero attached hydrogens (tertiary/aromatic N) is 11. The Morgan fingerprint density at radius 1 is 0.683 bits per heavy atom. The summed E-state index contributed by atoms with van der Waals surface area (Å²) < 4.78 is 30.3. The van der Waals surface area contributed by atoms with Gasteiger partial charge in [-0.25, -0.2) is 33.7 Å². The number of fused-ring (bicyclic) bond motifs is 2. The van der Waals surface area contributed by atoms with Gasteiger partial charge in [-0.3, -0.25) is 24.8 Å². The monoisotopic (exact) mass is 848 g/mol. The number of thiazole rings is 2. The minimum atomic E-state index is -0.426. The topological polar surface area (TPSA) is 142 Å². The van der Waals surface area contributed by atoms with Crippen molar-refractivity contribution in [1.29, 1.82) is 0 Å². The fourth-order valence-corrected chi connectivity index (χ4v) is 8.73. The first-order chi connectivity index (χ1) is 29.0. The Hall–Kier alpha value is -6.34. The number of imidazole rings is 2. The van der Waals surface area contributed by atoms with Crippen LogP contribution in [0.5, 0.6) is 0 Å². The molecule has 60 heavy (non-hydrogen) atoms. The van der Waals surface area contributed by atoms with E-state index in [9.17, 15) is 18.9 Å². The van der Waals surface area contributed by atoms with Crippen LogP contribution in [-0.4, -0.2) is 78.9 Å². The van der Waals surface area contributed by atoms with Crippen molar-refractivity contribution >= 4 is 67.2 Å². The molecule has 1 aliphatic rings. The summed E-state index contributed by atoms with van der Waals surface area (Å²) in [7, 11) is 3.88. The number of aryl methyl sites for hydroxylation is 2. The minimum Gasteiger partial charge on any atom is -0.368 e. The highest BCUT2D eigenvalue weighted by molar-refractivity contribution is 7.14. The van der Waals surface area contributed by atoms with Gasteiger partial charge in [0.15, 0.2) is 10.3 Å². The van der Waals surface area contributed by atoms with Gasteiger partial charge in [0, 0.05) is 74.4 Å². The lowest BCUT2D eigenvalue weighted by atomic mass is 10.2. The molecule has 0 bridgehead atoms. The van der Waals surface area contributed by atoms with E-state index in [1.165, 1.54) is 47.9 Å². The number of aromatic nitrogens is 6. The van der Waals surface area contributed by atoms with Crippen LogP contribution in [0.2, 0.25) is 0 Å². The van der Waals surface area contributed by atoms with E-state index < -0.39 is 4.92 Å². The second kappa shape index (κ2) is 17.1. The van der Waals surface area contributed by atoms with E-state index >= 15 is 0 Å². The molecule has 8 aromatic rings. The van der Waals surface area contributed by atoms with Crippen molar-refractivity contribution in [3.63, 3.8) is 0 Å². The fraction of sp³-hybridized carbons (Fsp3) is 0.238. The molecule has 1 saturated heterocycles. The first-order valence-electron chi connectivity index (χ1n) is 19.3. The largest absolute Gasteiger partial charge is 0.368 e. The summed E-state index contributed by atoms with van der Waals surface area (Å²) >= 11 is 3.00. The van der Waals surface area contributed by atoms with E-state index in [0.717, 1.165) is 94.6 Å². The van der Waals surface area contributed by atoms with Gasteiger partial charge in [-0.05, 0) is 79.6 Å². The zero-order chi connectivity index (χ0) is 42.1. The predicted molar refractivity (Wildman–Crippen MR) is 235 cm³/mol. The molecule has 0 unspecified atom stereocenters. The van der Waals surface area contributed by atoms with Crippen LogP contribution in [0, 0.1) is 21.7 Å². The Morgan fingerprint density at radius 3 is 1.62 bits per heavy atom. The van der Waals surface area contributed by atoms with Crippen molar-refractivity contribution in [3.8, 4) is 22.5 Å². The lowest BCUT2D eigenvalue weighted by molar-refractivity contribution is -0.385. The quantitative estimate of drug-likeness (QED) is 0.0802. The molecular weight excluding hydrogens is 807 g/mol. The molecule has 0 spiro atoms. The predicted octanol–water partition coefficient (Wildman–Crippen LogP) is 8.76. The summed E-state index contributed by atoms with van der Waals surface area (Å²) in [5.74, 6) is 7.14. The molecular formula is C42H42F2N12O2S2. The highest BCUT2D eigenvalue weighted by Crippen LogP contribution is 2.36. The molecule has 9 rings (SSSR count). The molecule has 1 fully saturated rings. The first-order valence-corrected chi connectivity index (χ1v) is 21.1. The van der Waals surface area contributed by atoms with Crippen LogP contribution in [0.4, 0.5) is 42.1 Å². The third-order valence-electron chi connectivity index (χ3n) is 10.3. The van der Waals surface area contributed by atoms with Gasteiger partial charge in [0.05, 0.1) is 39.6 Å². The van der Waals surface area contributed by atoms with Crippen molar-refractivity contribution in [1.82, 2.24) is 33.7 Å². The molecule has 2 aromatic carbocycles. The van der Waals surface area contributed by atoms with E-state index in [-0.39, 0.29) is 17.3 Å². The van der Waals surface area contributed by atoms with Crippen LogP contribution in [0.15, 0.2) is 96.0 Å². The molecule has 0 aliphatic carbocycles. The molecule has 2 N–H and O–H groups in total. The maximum atomic E-state index is 13.3. The molecule has 308 valence electrons. The van der Waals surface area contributed by atoms with Crippen LogP contribution in [0.25, 0.3) is 33.8 Å². The Kier molecular flexibility index (Phi) is 11.5. The lowest BCUT2D eigenvalue weighted by Gasteiger charge is -2.33. The van der Waals surface area contributed by atoms with Crippen LogP contribution in [0.3, 0.4) is 0 Å². The van der Waals surface area contributed by atoms with Crippen molar-refractivity contribution in [2.45, 2.75) is 26.7 Å². The Bertz CT molecular complexity index is 2780. The number of anilines is 5. The van der Waals surface area contributed by atoms with Crippen LogP contribution in [-0.2, 0) is 12.8 Å². The Balaban J connectivity index is 0.000000168. The molecule has 0 radical (unpaired) electrons. The molecule has 6 aromatic heterocycles. The maximum Gasteiger partial charge on any atom is 0.286 e. The van der Waals surface area contributed by atoms with Gasteiger partial charge in [-0.15, -0.1) is 22.7 Å². The number of halogens is 2. The first kappa shape index (κ1) is 40.4. The van der Waals surface area contributed by atoms with Crippen molar-refractivity contribution < 1.29 is 13.7 Å². The van der Waals surface area contributed by atoms with Gasteiger partial charge in [0.1, 0.15) is 34.6 Å². The number of nitro groups is 1. The highest BCUT2D eigenvalue weighted by atomic mass is 32.1. The van der Waals surface area contributed by atoms with Crippen LogP contribution >= 0.6 is 22.7 Å². The molecule has 7 heterocycles. The average Bonchev–Trinajstić information content (AvgIpc) is 4.09. The van der Waals surface area contributed by atoms with Crippen molar-refractivity contribution in [2.75, 3.05) is 55.0 Å². The zero-order valence-corrected chi connectivity index (χ0v) is 35.0. The normalized spacial score (nSPS) is 13.2. The van der Waals surface area contributed by atoms with Gasteiger partial charge in [-0.1, -0.05) is 13.8 Å². The van der Waals surface area contributed by atoms with Crippen molar-refractivity contribution in [2.24, 2.45) is 5.84 Å². The van der Waals surface area contributed by atoms with Gasteiger partial charge >= 0.3 is 0 Å². The number of nitrogens with two attached hydrogens (primary N) is 1. The third kappa shape index (κ3) is 8.14. The summed E-state index contributed by atoms with van der Waals surface area (Å²) in [6, 6.07) is 19.9. The SMILES string of the molecule is CCc1nc2ccc(N3CCN(N)CC3)cn2c1N(C)c1nc(-c2ccc(F)cc2)cs1.CCc1nc2ccc([N+](=O)[O-])cn2c1N(C)c1nc(-c2ccc(F)cc2)cs1. The molecule has 1 aliphatic heterocycles. The number of rotatable bonds is 10. The van der Waals surface area contributed by atoms with E-state index in [1.807, 2.05) is 41.7 Å². The second-order valence-electron chi connectivity index (χ2n) is 14.1. The van der Waals surface area contributed by atoms with E-state index in [1.54, 1.807) is 46.1 Å². The molecule has 0 saturated carbocycles. The third-order valence-corrected chi connectivity index (χ3v) is 12.2. The molecule has 0 atom stereocenters. The number of hydrogen-bond donors (Lipinski definition) is 1. The molecule has 14 nitrogen and oxygen atoms in total. The van der Waals surface area contributed by atoms with Crippen LogP contribution < -0.4 is 20.5 Å².